The fourth-order valence-corrected chi connectivity index (χ4v) is 2.88. The lowest BCUT2D eigenvalue weighted by atomic mass is 9.97. The topological polar surface area (TPSA) is 61.6 Å². The summed E-state index contributed by atoms with van der Waals surface area (Å²) in [4.78, 5) is 21.2. The van der Waals surface area contributed by atoms with Crippen LogP contribution in [0.25, 0.3) is 0 Å². The van der Waals surface area contributed by atoms with E-state index in [9.17, 15) is 4.79 Å². The number of piperazine rings is 1. The van der Waals surface area contributed by atoms with E-state index in [1.165, 1.54) is 0 Å². The van der Waals surface area contributed by atoms with Crippen LogP contribution in [0, 0.1) is 6.92 Å². The van der Waals surface area contributed by atoms with Crippen molar-refractivity contribution in [2.75, 3.05) is 46.3 Å². The van der Waals surface area contributed by atoms with Crippen LogP contribution in [-0.4, -0.2) is 67.0 Å². The molecule has 0 aliphatic carbocycles. The van der Waals surface area contributed by atoms with Gasteiger partial charge in [0.1, 0.15) is 5.76 Å². The van der Waals surface area contributed by atoms with Crippen molar-refractivity contribution in [3.63, 3.8) is 0 Å². The van der Waals surface area contributed by atoms with E-state index < -0.39 is 0 Å². The average Bonchev–Trinajstić information content (AvgIpc) is 2.92. The standard InChI is InChI=1S/C19H34N4O2/c1-15-16(25-18(21-15)19(2,3)4)7-6-9-20-17(24)8-10-23-13-11-22(5)12-14-23/h6-14H2,1-5H3,(H,20,24). The van der Waals surface area contributed by atoms with Crippen LogP contribution < -0.4 is 5.32 Å². The Morgan fingerprint density at radius 1 is 1.24 bits per heavy atom. The summed E-state index contributed by atoms with van der Waals surface area (Å²) in [5, 5.41) is 3.02. The Hall–Kier alpha value is -1.40. The van der Waals surface area contributed by atoms with Gasteiger partial charge in [-0.15, -0.1) is 0 Å². The average molecular weight is 351 g/mol. The number of nitrogens with one attached hydrogen (secondary N) is 1. The number of oxazole rings is 1. The summed E-state index contributed by atoms with van der Waals surface area (Å²) in [6, 6.07) is 0. The van der Waals surface area contributed by atoms with Crippen molar-refractivity contribution < 1.29 is 9.21 Å². The first-order valence-corrected chi connectivity index (χ1v) is 9.40. The predicted molar refractivity (Wildman–Crippen MR) is 99.8 cm³/mol. The summed E-state index contributed by atoms with van der Waals surface area (Å²) in [5.41, 5.74) is 0.895. The van der Waals surface area contributed by atoms with Gasteiger partial charge in [-0.25, -0.2) is 4.98 Å². The molecule has 0 radical (unpaired) electrons. The molecule has 2 rings (SSSR count). The molecule has 0 bridgehead atoms. The Labute approximate surface area is 152 Å². The molecule has 0 saturated carbocycles. The van der Waals surface area contributed by atoms with Crippen molar-refractivity contribution in [2.24, 2.45) is 0 Å². The SMILES string of the molecule is Cc1nc(C(C)(C)C)oc1CCCNC(=O)CCN1CCN(C)CC1. The fraction of sp³-hybridized carbons (Fsp3) is 0.789. The normalized spacial score (nSPS) is 17.0. The van der Waals surface area contributed by atoms with E-state index in [1.807, 2.05) is 6.92 Å². The van der Waals surface area contributed by atoms with E-state index in [-0.39, 0.29) is 11.3 Å². The number of hydrogen-bond donors (Lipinski definition) is 1. The fourth-order valence-electron chi connectivity index (χ4n) is 2.88. The van der Waals surface area contributed by atoms with Gasteiger partial charge in [0.05, 0.1) is 5.69 Å². The van der Waals surface area contributed by atoms with Crippen LogP contribution >= 0.6 is 0 Å². The number of likely N-dealkylation sites (N-methyl/N-ethyl adjacent to an activating group) is 1. The maximum absolute atomic E-state index is 12.0. The molecule has 1 fully saturated rings. The van der Waals surface area contributed by atoms with E-state index in [0.717, 1.165) is 62.9 Å². The van der Waals surface area contributed by atoms with Crippen molar-refractivity contribution >= 4 is 5.91 Å². The number of carbonyl (C=O) groups is 1. The van der Waals surface area contributed by atoms with Crippen LogP contribution in [0.2, 0.25) is 0 Å². The molecule has 1 N–H and O–H groups in total. The van der Waals surface area contributed by atoms with Gasteiger partial charge < -0.3 is 19.5 Å². The zero-order chi connectivity index (χ0) is 18.4. The molecule has 142 valence electrons. The number of nitrogens with zero attached hydrogens (tertiary/aromatic N) is 3. The number of aromatic nitrogens is 1. The number of carbonyl (C=O) groups excluding carboxylic acids is 1. The molecule has 0 atom stereocenters. The summed E-state index contributed by atoms with van der Waals surface area (Å²) in [5.74, 6) is 1.87. The first-order chi connectivity index (χ1) is 11.8. The summed E-state index contributed by atoms with van der Waals surface area (Å²) >= 11 is 0. The minimum absolute atomic E-state index is 0.0690. The predicted octanol–water partition coefficient (Wildman–Crippen LogP) is 1.97. The molecule has 2 heterocycles. The lowest BCUT2D eigenvalue weighted by Crippen LogP contribution is -2.45. The second-order valence-corrected chi connectivity index (χ2v) is 8.13. The van der Waals surface area contributed by atoms with Crippen molar-refractivity contribution in [1.82, 2.24) is 20.1 Å². The highest BCUT2D eigenvalue weighted by Crippen LogP contribution is 2.24. The molecular weight excluding hydrogens is 316 g/mol. The molecule has 0 unspecified atom stereocenters. The maximum Gasteiger partial charge on any atom is 0.221 e. The lowest BCUT2D eigenvalue weighted by Gasteiger charge is -2.32. The highest BCUT2D eigenvalue weighted by Gasteiger charge is 2.22. The number of hydrogen-bond acceptors (Lipinski definition) is 5. The van der Waals surface area contributed by atoms with Gasteiger partial charge in [-0.3, -0.25) is 4.79 Å². The minimum atomic E-state index is -0.0690. The number of amides is 1. The van der Waals surface area contributed by atoms with Gasteiger partial charge in [-0.1, -0.05) is 20.8 Å². The second-order valence-electron chi connectivity index (χ2n) is 8.13. The van der Waals surface area contributed by atoms with Crippen molar-refractivity contribution in [2.45, 2.75) is 52.4 Å². The van der Waals surface area contributed by atoms with Crippen LogP contribution in [0.3, 0.4) is 0 Å². The third-order valence-electron chi connectivity index (χ3n) is 4.69. The second kappa shape index (κ2) is 8.81. The number of aryl methyl sites for hydroxylation is 2. The van der Waals surface area contributed by atoms with Gasteiger partial charge in [0, 0.05) is 57.5 Å². The van der Waals surface area contributed by atoms with E-state index in [0.29, 0.717) is 13.0 Å². The Morgan fingerprint density at radius 3 is 2.52 bits per heavy atom. The monoisotopic (exact) mass is 350 g/mol. The maximum atomic E-state index is 12.0. The molecule has 1 aromatic rings. The smallest absolute Gasteiger partial charge is 0.221 e. The Kier molecular flexibility index (Phi) is 7.02. The molecule has 6 nitrogen and oxygen atoms in total. The summed E-state index contributed by atoms with van der Waals surface area (Å²) < 4.78 is 5.89. The molecule has 25 heavy (non-hydrogen) atoms. The molecule has 0 aromatic carbocycles. The minimum Gasteiger partial charge on any atom is -0.445 e. The van der Waals surface area contributed by atoms with Gasteiger partial charge >= 0.3 is 0 Å². The van der Waals surface area contributed by atoms with Crippen molar-refractivity contribution in [3.8, 4) is 0 Å². The Balaban J connectivity index is 1.62. The summed E-state index contributed by atoms with van der Waals surface area (Å²) in [6.07, 6.45) is 2.27. The molecule has 1 amide bonds. The molecular formula is C19H34N4O2. The Bertz CT molecular complexity index is 554. The van der Waals surface area contributed by atoms with Gasteiger partial charge in [-0.05, 0) is 20.4 Å². The third kappa shape index (κ3) is 6.44. The van der Waals surface area contributed by atoms with Gasteiger partial charge in [0.15, 0.2) is 5.89 Å². The van der Waals surface area contributed by atoms with Crippen molar-refractivity contribution in [1.29, 1.82) is 0 Å². The highest BCUT2D eigenvalue weighted by atomic mass is 16.4. The first kappa shape index (κ1) is 19.9. The number of rotatable bonds is 7. The molecule has 0 spiro atoms. The van der Waals surface area contributed by atoms with Crippen LogP contribution in [0.4, 0.5) is 0 Å². The van der Waals surface area contributed by atoms with Gasteiger partial charge in [0.2, 0.25) is 5.91 Å². The van der Waals surface area contributed by atoms with Gasteiger partial charge in [0.25, 0.3) is 0 Å². The van der Waals surface area contributed by atoms with E-state index in [4.69, 9.17) is 4.42 Å². The van der Waals surface area contributed by atoms with Crippen LogP contribution in [0.5, 0.6) is 0 Å². The van der Waals surface area contributed by atoms with Crippen LogP contribution in [0.15, 0.2) is 4.42 Å². The van der Waals surface area contributed by atoms with Crippen LogP contribution in [-0.2, 0) is 16.6 Å². The third-order valence-corrected chi connectivity index (χ3v) is 4.69. The summed E-state index contributed by atoms with van der Waals surface area (Å²) in [7, 11) is 2.14. The molecule has 6 heteroatoms. The quantitative estimate of drug-likeness (QED) is 0.762. The largest absolute Gasteiger partial charge is 0.445 e. The van der Waals surface area contributed by atoms with Crippen molar-refractivity contribution in [3.05, 3.63) is 17.3 Å². The molecule has 1 aliphatic heterocycles. The zero-order valence-corrected chi connectivity index (χ0v) is 16.5. The van der Waals surface area contributed by atoms with Gasteiger partial charge in [-0.2, -0.15) is 0 Å². The van der Waals surface area contributed by atoms with Crippen LogP contribution in [0.1, 0.15) is 51.0 Å². The first-order valence-electron chi connectivity index (χ1n) is 9.40. The zero-order valence-electron chi connectivity index (χ0n) is 16.5. The lowest BCUT2D eigenvalue weighted by molar-refractivity contribution is -0.121. The Morgan fingerprint density at radius 2 is 1.92 bits per heavy atom. The molecule has 1 aliphatic rings. The molecule has 1 saturated heterocycles. The van der Waals surface area contributed by atoms with E-state index in [2.05, 4.69) is 47.9 Å². The van der Waals surface area contributed by atoms with E-state index in [1.54, 1.807) is 0 Å². The highest BCUT2D eigenvalue weighted by molar-refractivity contribution is 5.76. The summed E-state index contributed by atoms with van der Waals surface area (Å²) in [6.45, 7) is 14.1. The van der Waals surface area contributed by atoms with E-state index >= 15 is 0 Å². The molecule has 1 aromatic heterocycles.